The van der Waals surface area contributed by atoms with Gasteiger partial charge in [0.05, 0.1) is 5.69 Å². The largest absolute Gasteiger partial charge is 0.310 e. The molecule has 0 amide bonds. The Balaban J connectivity index is 1.22. The van der Waals surface area contributed by atoms with Crippen LogP contribution >= 0.6 is 0 Å². The number of fused-ring (bicyclic) bond motifs is 3. The molecule has 8 rings (SSSR count). The number of anilines is 3. The first-order chi connectivity index (χ1) is 23.4. The minimum atomic E-state index is -0.0670. The van der Waals surface area contributed by atoms with Crippen molar-refractivity contribution >= 4 is 17.1 Å². The Hall–Kier alpha value is -4.88. The molecule has 1 heteroatoms. The van der Waals surface area contributed by atoms with Gasteiger partial charge in [0.2, 0.25) is 0 Å². The van der Waals surface area contributed by atoms with Gasteiger partial charge >= 0.3 is 0 Å². The Labute approximate surface area is 286 Å². The molecule has 0 aliphatic heterocycles. The smallest absolute Gasteiger partial charge is 0.0520 e. The monoisotopic (exact) mass is 623 g/mol. The zero-order valence-corrected chi connectivity index (χ0v) is 28.8. The maximum atomic E-state index is 2.48. The van der Waals surface area contributed by atoms with Crippen LogP contribution in [0.5, 0.6) is 0 Å². The van der Waals surface area contributed by atoms with Gasteiger partial charge in [-0.3, -0.25) is 0 Å². The highest BCUT2D eigenvalue weighted by molar-refractivity contribution is 5.88. The summed E-state index contributed by atoms with van der Waals surface area (Å²) >= 11 is 0. The third-order valence-electron chi connectivity index (χ3n) is 11.1. The van der Waals surface area contributed by atoms with Crippen molar-refractivity contribution in [2.75, 3.05) is 4.90 Å². The fourth-order valence-corrected chi connectivity index (χ4v) is 8.53. The van der Waals surface area contributed by atoms with Gasteiger partial charge in [0.25, 0.3) is 0 Å². The van der Waals surface area contributed by atoms with E-state index in [9.17, 15) is 0 Å². The lowest BCUT2D eigenvalue weighted by Gasteiger charge is -2.31. The van der Waals surface area contributed by atoms with E-state index in [4.69, 9.17) is 0 Å². The summed E-state index contributed by atoms with van der Waals surface area (Å²) in [5.41, 5.74) is 18.1. The van der Waals surface area contributed by atoms with Crippen molar-refractivity contribution in [3.63, 3.8) is 0 Å². The second-order valence-electron chi connectivity index (χ2n) is 14.6. The van der Waals surface area contributed by atoms with Gasteiger partial charge in [-0.1, -0.05) is 130 Å². The van der Waals surface area contributed by atoms with E-state index in [0.29, 0.717) is 0 Å². The van der Waals surface area contributed by atoms with Crippen LogP contribution in [0, 0.1) is 13.8 Å². The first-order valence-corrected chi connectivity index (χ1v) is 17.8. The van der Waals surface area contributed by atoms with E-state index in [0.717, 1.165) is 5.92 Å². The van der Waals surface area contributed by atoms with Gasteiger partial charge in [0.15, 0.2) is 0 Å². The Kier molecular flexibility index (Phi) is 7.80. The molecule has 0 aromatic heterocycles. The molecule has 2 aliphatic carbocycles. The summed E-state index contributed by atoms with van der Waals surface area (Å²) in [6, 6.07) is 50.0. The van der Waals surface area contributed by atoms with E-state index in [1.807, 2.05) is 0 Å². The van der Waals surface area contributed by atoms with Gasteiger partial charge in [-0.15, -0.1) is 0 Å². The van der Waals surface area contributed by atoms with Crippen LogP contribution in [-0.2, 0) is 5.41 Å². The number of aryl methyl sites for hydroxylation is 2. The van der Waals surface area contributed by atoms with Crippen molar-refractivity contribution in [1.29, 1.82) is 0 Å². The average Bonchev–Trinajstić information content (AvgIpc) is 3.36. The zero-order valence-electron chi connectivity index (χ0n) is 28.8. The number of benzene rings is 6. The predicted molar refractivity (Wildman–Crippen MR) is 205 cm³/mol. The van der Waals surface area contributed by atoms with E-state index < -0.39 is 0 Å². The summed E-state index contributed by atoms with van der Waals surface area (Å²) in [6.07, 6.45) is 6.80. The molecule has 0 N–H and O–H groups in total. The number of rotatable bonds is 6. The molecule has 1 fully saturated rings. The van der Waals surface area contributed by atoms with Crippen molar-refractivity contribution in [2.24, 2.45) is 0 Å². The van der Waals surface area contributed by atoms with Gasteiger partial charge in [-0.2, -0.15) is 0 Å². The lowest BCUT2D eigenvalue weighted by Crippen LogP contribution is -2.17. The topological polar surface area (TPSA) is 3.24 Å². The highest BCUT2D eigenvalue weighted by Gasteiger charge is 2.36. The quantitative estimate of drug-likeness (QED) is 0.178. The molecule has 0 saturated heterocycles. The van der Waals surface area contributed by atoms with Crippen LogP contribution in [0.2, 0.25) is 0 Å². The second-order valence-corrected chi connectivity index (χ2v) is 14.6. The zero-order chi connectivity index (χ0) is 32.8. The maximum Gasteiger partial charge on any atom is 0.0520 e. The van der Waals surface area contributed by atoms with Crippen molar-refractivity contribution in [3.8, 4) is 33.4 Å². The Morgan fingerprint density at radius 3 is 1.77 bits per heavy atom. The minimum Gasteiger partial charge on any atom is -0.310 e. The standard InChI is InChI=1S/C47H45N/c1-32-29-39(38-21-19-36(20-22-38)34-13-7-5-8-14-34)30-33(2)46(32)48(40-25-23-37(24-26-40)35-15-9-6-10-16-35)41-27-28-43-42-17-11-12-18-44(42)47(3,4)45(43)31-41/h6,9-12,15-31,34H,5,7-8,13-14H2,1-4H3. The lowest BCUT2D eigenvalue weighted by atomic mass is 9.82. The lowest BCUT2D eigenvalue weighted by molar-refractivity contribution is 0.443. The van der Waals surface area contributed by atoms with Crippen LogP contribution in [0.4, 0.5) is 17.1 Å². The highest BCUT2D eigenvalue weighted by atomic mass is 15.1. The molecule has 238 valence electrons. The molecule has 0 radical (unpaired) electrons. The van der Waals surface area contributed by atoms with Crippen LogP contribution in [0.25, 0.3) is 33.4 Å². The molecule has 0 atom stereocenters. The third kappa shape index (κ3) is 5.36. The first kappa shape index (κ1) is 30.5. The molecule has 48 heavy (non-hydrogen) atoms. The van der Waals surface area contributed by atoms with Crippen LogP contribution < -0.4 is 4.90 Å². The molecular formula is C47H45N. The average molecular weight is 624 g/mol. The molecule has 1 saturated carbocycles. The predicted octanol–water partition coefficient (Wildman–Crippen LogP) is 13.5. The Morgan fingerprint density at radius 2 is 1.06 bits per heavy atom. The molecule has 6 aromatic carbocycles. The van der Waals surface area contributed by atoms with Crippen molar-refractivity contribution in [1.82, 2.24) is 0 Å². The van der Waals surface area contributed by atoms with Crippen molar-refractivity contribution in [2.45, 2.75) is 71.1 Å². The highest BCUT2D eigenvalue weighted by Crippen LogP contribution is 2.51. The van der Waals surface area contributed by atoms with E-state index in [-0.39, 0.29) is 5.41 Å². The van der Waals surface area contributed by atoms with Gasteiger partial charge in [0, 0.05) is 16.8 Å². The normalized spacial score (nSPS) is 15.2. The third-order valence-corrected chi connectivity index (χ3v) is 11.1. The molecule has 6 aromatic rings. The fourth-order valence-electron chi connectivity index (χ4n) is 8.53. The summed E-state index contributed by atoms with van der Waals surface area (Å²) in [5.74, 6) is 0.727. The first-order valence-electron chi connectivity index (χ1n) is 17.8. The molecule has 0 bridgehead atoms. The fraction of sp³-hybridized carbons (Fsp3) is 0.234. The van der Waals surface area contributed by atoms with Gasteiger partial charge in [-0.05, 0) is 130 Å². The van der Waals surface area contributed by atoms with Crippen molar-refractivity contribution < 1.29 is 0 Å². The van der Waals surface area contributed by atoms with E-state index in [1.54, 1.807) is 0 Å². The van der Waals surface area contributed by atoms with Crippen molar-refractivity contribution in [3.05, 3.63) is 161 Å². The number of hydrogen-bond acceptors (Lipinski definition) is 1. The molecule has 0 heterocycles. The summed E-state index contributed by atoms with van der Waals surface area (Å²) in [5, 5.41) is 0. The second kappa shape index (κ2) is 12.3. The Bertz CT molecular complexity index is 2050. The number of nitrogens with zero attached hydrogens (tertiary/aromatic N) is 1. The summed E-state index contributed by atoms with van der Waals surface area (Å²) in [6.45, 7) is 9.29. The molecule has 0 spiro atoms. The van der Waals surface area contributed by atoms with Gasteiger partial charge in [0.1, 0.15) is 0 Å². The molecule has 1 nitrogen and oxygen atoms in total. The Morgan fingerprint density at radius 1 is 0.500 bits per heavy atom. The summed E-state index contributed by atoms with van der Waals surface area (Å²) < 4.78 is 0. The van der Waals surface area contributed by atoms with E-state index in [2.05, 4.69) is 166 Å². The van der Waals surface area contributed by atoms with Crippen LogP contribution in [0.15, 0.2) is 133 Å². The van der Waals surface area contributed by atoms with Crippen LogP contribution in [0.1, 0.15) is 79.7 Å². The summed E-state index contributed by atoms with van der Waals surface area (Å²) in [4.78, 5) is 2.48. The van der Waals surface area contributed by atoms with Gasteiger partial charge < -0.3 is 4.90 Å². The summed E-state index contributed by atoms with van der Waals surface area (Å²) in [7, 11) is 0. The molecule has 2 aliphatic rings. The maximum absolute atomic E-state index is 2.48. The minimum absolute atomic E-state index is 0.0670. The SMILES string of the molecule is Cc1cc(-c2ccc(C3CCCCC3)cc2)cc(C)c1N(c1ccc(-c2ccccc2)cc1)c1ccc2c(c1)C(C)(C)c1ccccc1-2. The van der Waals surface area contributed by atoms with Gasteiger partial charge in [-0.25, -0.2) is 0 Å². The van der Waals surface area contributed by atoms with Crippen LogP contribution in [-0.4, -0.2) is 0 Å². The van der Waals surface area contributed by atoms with E-state index >= 15 is 0 Å². The molecule has 0 unspecified atom stereocenters. The van der Waals surface area contributed by atoms with Crippen LogP contribution in [0.3, 0.4) is 0 Å². The molecular weight excluding hydrogens is 579 g/mol. The number of hydrogen-bond donors (Lipinski definition) is 0. The van der Waals surface area contributed by atoms with E-state index in [1.165, 1.54) is 110 Å².